The monoisotopic (exact) mass is 461 g/mol. The fourth-order valence-electron chi connectivity index (χ4n) is 3.40. The average Bonchev–Trinajstić information content (AvgIpc) is 3.45. The van der Waals surface area contributed by atoms with Crippen LogP contribution in [0.15, 0.2) is 115 Å². The molecule has 6 aromatic rings. The maximum Gasteiger partial charge on any atom is 0.0644 e. The largest absolute Gasteiger partial charge is 0.135 e. The molecule has 0 spiro atoms. The first kappa shape index (κ1) is 9.23. The predicted molar refractivity (Wildman–Crippen MR) is 141 cm³/mol. The quantitative estimate of drug-likeness (QED) is 0.246. The van der Waals surface area contributed by atoms with Crippen LogP contribution < -0.4 is 0 Å². The van der Waals surface area contributed by atoms with Crippen LogP contribution in [0.3, 0.4) is 0 Å². The van der Waals surface area contributed by atoms with Crippen molar-refractivity contribution in [3.8, 4) is 33.4 Å². The summed E-state index contributed by atoms with van der Waals surface area (Å²) in [6.45, 7) is 0. The van der Waals surface area contributed by atoms with E-state index in [1.807, 2.05) is 0 Å². The highest BCUT2D eigenvalue weighted by molar-refractivity contribution is 7.26. The highest BCUT2D eigenvalue weighted by Crippen LogP contribution is 2.44. The van der Waals surface area contributed by atoms with Gasteiger partial charge in [-0.3, -0.25) is 0 Å². The van der Waals surface area contributed by atoms with Crippen molar-refractivity contribution in [2.45, 2.75) is 0 Å². The summed E-state index contributed by atoms with van der Waals surface area (Å²) in [5, 5.41) is 0.509. The molecule has 0 nitrogen and oxygen atoms in total. The summed E-state index contributed by atoms with van der Waals surface area (Å²) in [5.74, 6) is 0. The van der Waals surface area contributed by atoms with Gasteiger partial charge in [0.2, 0.25) is 0 Å². The fraction of sp³-hybridized carbons (Fsp3) is 0. The van der Waals surface area contributed by atoms with E-state index in [4.69, 9.17) is 29.4 Å². The van der Waals surface area contributed by atoms with Gasteiger partial charge in [-0.25, -0.2) is 0 Å². The third-order valence-electron chi connectivity index (χ3n) is 4.83. The summed E-state index contributed by atoms with van der Waals surface area (Å²) in [6, 6.07) is -2.63. The fourth-order valence-corrected chi connectivity index (χ4v) is 4.60. The van der Waals surface area contributed by atoms with Gasteiger partial charge < -0.3 is 0 Å². The molecule has 1 aromatic heterocycles. The van der Waals surface area contributed by atoms with Gasteiger partial charge in [-0.05, 0) is 63.6 Å². The lowest BCUT2D eigenvalue weighted by molar-refractivity contribution is 1.63. The van der Waals surface area contributed by atoms with Crippen molar-refractivity contribution in [2.24, 2.45) is 0 Å². The second-order valence-electron chi connectivity index (χ2n) is 6.77. The van der Waals surface area contributed by atoms with Crippen molar-refractivity contribution >= 4 is 43.1 Å². The Kier molecular flexibility index (Phi) is 2.29. The standard InChI is InChI=1S/C30H19ClS/c31-25-14-11-22(12-15-25)27-17-24(21-9-5-2-6-10-21)19-29-30(27)26-16-13-23(18-28(26)32-29)20-7-3-1-4-8-20/h1-19H/i1D,2D,3D,4D,5D,6D,7D,8D,9D,10D,13D,16D,17D,18D,19D. The molecule has 0 atom stereocenters. The Labute approximate surface area is 217 Å². The van der Waals surface area contributed by atoms with Crippen molar-refractivity contribution in [1.82, 2.24) is 0 Å². The van der Waals surface area contributed by atoms with E-state index in [9.17, 15) is 2.74 Å². The van der Waals surface area contributed by atoms with Crippen LogP contribution in [-0.4, -0.2) is 0 Å². The van der Waals surface area contributed by atoms with Gasteiger partial charge in [0.1, 0.15) is 0 Å². The van der Waals surface area contributed by atoms with Gasteiger partial charge in [0.25, 0.3) is 0 Å². The van der Waals surface area contributed by atoms with Crippen LogP contribution in [0.25, 0.3) is 53.6 Å². The lowest BCUT2D eigenvalue weighted by atomic mass is 9.94. The molecule has 5 aromatic carbocycles. The maximum atomic E-state index is 9.33. The molecule has 152 valence electrons. The van der Waals surface area contributed by atoms with Gasteiger partial charge in [-0.15, -0.1) is 11.3 Å². The van der Waals surface area contributed by atoms with Crippen LogP contribution in [0.2, 0.25) is 5.02 Å². The summed E-state index contributed by atoms with van der Waals surface area (Å²) in [4.78, 5) is 0. The van der Waals surface area contributed by atoms with E-state index in [1.165, 1.54) is 0 Å². The summed E-state index contributed by atoms with van der Waals surface area (Å²) in [5.41, 5.74) is -0.986. The van der Waals surface area contributed by atoms with Gasteiger partial charge in [0.05, 0.1) is 20.6 Å². The SMILES string of the molecule is [2H]c1c([2H])c([2H])c(-c2c([2H])c([2H])c3c(sc4c([2H])c(-c5c([2H])c([2H])c([2H])c([2H])c5[2H])c([2H])c(-c5ccc(Cl)cc5)c43)c2[2H])c([2H])c1[2H]. The van der Waals surface area contributed by atoms with Crippen molar-refractivity contribution in [3.63, 3.8) is 0 Å². The van der Waals surface area contributed by atoms with E-state index < -0.39 is 96.2 Å². The second-order valence-corrected chi connectivity index (χ2v) is 8.22. The third-order valence-corrected chi connectivity index (χ3v) is 6.10. The second kappa shape index (κ2) is 7.94. The third kappa shape index (κ3) is 3.40. The number of halogens is 1. The lowest BCUT2D eigenvalue weighted by Crippen LogP contribution is -1.84. The Morgan fingerprint density at radius 2 is 1.19 bits per heavy atom. The number of benzene rings is 5. The normalized spacial score (nSPS) is 17.8. The van der Waals surface area contributed by atoms with Gasteiger partial charge in [0, 0.05) is 25.2 Å². The van der Waals surface area contributed by atoms with Crippen molar-refractivity contribution in [2.75, 3.05) is 0 Å². The summed E-state index contributed by atoms with van der Waals surface area (Å²) in [7, 11) is 0. The lowest BCUT2D eigenvalue weighted by Gasteiger charge is -2.10. The molecular formula is C30H19ClS. The number of hydrogen-bond acceptors (Lipinski definition) is 1. The van der Waals surface area contributed by atoms with E-state index in [0.29, 0.717) is 10.6 Å². The van der Waals surface area contributed by atoms with Gasteiger partial charge in [0.15, 0.2) is 0 Å². The van der Waals surface area contributed by atoms with Crippen LogP contribution in [0.4, 0.5) is 0 Å². The van der Waals surface area contributed by atoms with Crippen LogP contribution in [0.1, 0.15) is 20.6 Å². The zero-order valence-corrected chi connectivity index (χ0v) is 17.7. The molecule has 6 rings (SSSR count). The van der Waals surface area contributed by atoms with Crippen molar-refractivity contribution < 1.29 is 20.6 Å². The molecule has 0 aliphatic carbocycles. The van der Waals surface area contributed by atoms with Crippen LogP contribution in [-0.2, 0) is 0 Å². The molecule has 0 N–H and O–H groups in total. The van der Waals surface area contributed by atoms with E-state index >= 15 is 0 Å². The Bertz CT molecular complexity index is 2310. The minimum atomic E-state index is -0.677. The van der Waals surface area contributed by atoms with Crippen LogP contribution in [0.5, 0.6) is 0 Å². The molecular weight excluding hydrogens is 428 g/mol. The number of hydrogen-bond donors (Lipinski definition) is 0. The van der Waals surface area contributed by atoms with E-state index in [-0.39, 0.29) is 42.4 Å². The average molecular weight is 462 g/mol. The highest BCUT2D eigenvalue weighted by Gasteiger charge is 2.14. The number of fused-ring (bicyclic) bond motifs is 3. The number of thiophene rings is 1. The molecule has 1 heterocycles. The summed E-state index contributed by atoms with van der Waals surface area (Å²) in [6.07, 6.45) is 0. The molecule has 0 aliphatic heterocycles. The predicted octanol–water partition coefficient (Wildman–Crippen LogP) is 9.71. The topological polar surface area (TPSA) is 0 Å². The summed E-state index contributed by atoms with van der Waals surface area (Å²) < 4.78 is 128. The van der Waals surface area contributed by atoms with Crippen LogP contribution >= 0.6 is 22.9 Å². The molecule has 2 heteroatoms. The Morgan fingerprint density at radius 3 is 1.88 bits per heavy atom. The van der Waals surface area contributed by atoms with Crippen LogP contribution in [0, 0.1) is 0 Å². The maximum absolute atomic E-state index is 9.33. The minimum absolute atomic E-state index is 0.00989. The van der Waals surface area contributed by atoms with Gasteiger partial charge in [-0.2, -0.15) is 0 Å². The smallest absolute Gasteiger partial charge is 0.0644 e. The van der Waals surface area contributed by atoms with E-state index in [2.05, 4.69) is 0 Å². The molecule has 0 saturated heterocycles. The number of rotatable bonds is 3. The molecule has 32 heavy (non-hydrogen) atoms. The molecule has 0 radical (unpaired) electrons. The molecule has 0 saturated carbocycles. The Hall–Kier alpha value is -3.39. The minimum Gasteiger partial charge on any atom is -0.135 e. The molecule has 0 fully saturated rings. The first-order valence-corrected chi connectivity index (χ1v) is 10.6. The van der Waals surface area contributed by atoms with E-state index in [1.54, 1.807) is 24.3 Å². The highest BCUT2D eigenvalue weighted by atomic mass is 35.5. The zero-order chi connectivity index (χ0) is 34.5. The van der Waals surface area contributed by atoms with Crippen molar-refractivity contribution in [3.05, 3.63) is 120 Å². The zero-order valence-electron chi connectivity index (χ0n) is 31.1. The summed E-state index contributed by atoms with van der Waals surface area (Å²) >= 11 is 6.97. The Morgan fingerprint density at radius 1 is 0.562 bits per heavy atom. The molecule has 0 aliphatic rings. The Balaban J connectivity index is 1.86. The first-order chi connectivity index (χ1) is 22.0. The van der Waals surface area contributed by atoms with Gasteiger partial charge >= 0.3 is 0 Å². The first-order valence-electron chi connectivity index (χ1n) is 16.9. The molecule has 0 bridgehead atoms. The van der Waals surface area contributed by atoms with Crippen molar-refractivity contribution in [1.29, 1.82) is 0 Å². The van der Waals surface area contributed by atoms with E-state index in [0.717, 1.165) is 11.3 Å². The molecule has 0 unspecified atom stereocenters. The van der Waals surface area contributed by atoms with Gasteiger partial charge in [-0.1, -0.05) is 96.2 Å². The molecule has 0 amide bonds.